The SMILES string of the molecule is CN(C)CCNC(=O)c1cc(Cl)c(N)cc1CC#N. The fraction of sp³-hybridized carbons (Fsp3) is 0.385. The second-order valence-electron chi connectivity index (χ2n) is 4.42. The summed E-state index contributed by atoms with van der Waals surface area (Å²) in [7, 11) is 3.85. The Hall–Kier alpha value is -1.77. The van der Waals surface area contributed by atoms with Crippen LogP contribution in [-0.2, 0) is 6.42 Å². The lowest BCUT2D eigenvalue weighted by atomic mass is 10.0. The Labute approximate surface area is 117 Å². The maximum absolute atomic E-state index is 12.0. The molecule has 0 atom stereocenters. The summed E-state index contributed by atoms with van der Waals surface area (Å²) in [6, 6.07) is 5.10. The highest BCUT2D eigenvalue weighted by molar-refractivity contribution is 6.33. The fourth-order valence-electron chi connectivity index (χ4n) is 1.57. The minimum Gasteiger partial charge on any atom is -0.398 e. The third-order valence-corrected chi connectivity index (χ3v) is 2.91. The summed E-state index contributed by atoms with van der Waals surface area (Å²) in [4.78, 5) is 14.0. The van der Waals surface area contributed by atoms with Crippen LogP contribution in [0.25, 0.3) is 0 Å². The Bertz CT molecular complexity index is 508. The Kier molecular flexibility index (Phi) is 5.61. The van der Waals surface area contributed by atoms with E-state index in [0.717, 1.165) is 6.54 Å². The number of nitrogen functional groups attached to an aromatic ring is 1. The third kappa shape index (κ3) is 4.43. The summed E-state index contributed by atoms with van der Waals surface area (Å²) in [6.45, 7) is 1.27. The van der Waals surface area contributed by atoms with Crippen LogP contribution in [0.1, 0.15) is 15.9 Å². The van der Waals surface area contributed by atoms with E-state index in [1.54, 1.807) is 6.07 Å². The van der Waals surface area contributed by atoms with Gasteiger partial charge in [0.15, 0.2) is 0 Å². The number of likely N-dealkylation sites (N-methyl/N-ethyl adjacent to an activating group) is 1. The topological polar surface area (TPSA) is 82.2 Å². The smallest absolute Gasteiger partial charge is 0.251 e. The van der Waals surface area contributed by atoms with Gasteiger partial charge in [0, 0.05) is 18.7 Å². The highest BCUT2D eigenvalue weighted by Gasteiger charge is 2.13. The quantitative estimate of drug-likeness (QED) is 0.796. The van der Waals surface area contributed by atoms with Gasteiger partial charge in [0.1, 0.15) is 0 Å². The van der Waals surface area contributed by atoms with Crippen molar-refractivity contribution in [1.29, 1.82) is 5.26 Å². The maximum Gasteiger partial charge on any atom is 0.251 e. The molecule has 0 fully saturated rings. The van der Waals surface area contributed by atoms with Gasteiger partial charge >= 0.3 is 0 Å². The molecule has 0 heterocycles. The fourth-order valence-corrected chi connectivity index (χ4v) is 1.73. The predicted molar refractivity (Wildman–Crippen MR) is 76.1 cm³/mol. The molecule has 1 aromatic carbocycles. The molecule has 5 nitrogen and oxygen atoms in total. The Morgan fingerprint density at radius 3 is 2.79 bits per heavy atom. The number of nitrogens with two attached hydrogens (primary N) is 1. The lowest BCUT2D eigenvalue weighted by molar-refractivity contribution is 0.0950. The average Bonchev–Trinajstić information content (AvgIpc) is 2.33. The summed E-state index contributed by atoms with van der Waals surface area (Å²) in [6.07, 6.45) is 0.123. The second kappa shape index (κ2) is 6.98. The van der Waals surface area contributed by atoms with E-state index in [4.69, 9.17) is 22.6 Å². The van der Waals surface area contributed by atoms with Gasteiger partial charge in [-0.05, 0) is 31.8 Å². The van der Waals surface area contributed by atoms with E-state index in [2.05, 4.69) is 5.32 Å². The number of carbonyl (C=O) groups is 1. The molecule has 1 rings (SSSR count). The highest BCUT2D eigenvalue weighted by atomic mass is 35.5. The average molecular weight is 281 g/mol. The molecule has 1 aromatic rings. The monoisotopic (exact) mass is 280 g/mol. The molecule has 0 spiro atoms. The van der Waals surface area contributed by atoms with E-state index in [-0.39, 0.29) is 12.3 Å². The van der Waals surface area contributed by atoms with E-state index in [0.29, 0.717) is 28.4 Å². The van der Waals surface area contributed by atoms with Crippen LogP contribution in [-0.4, -0.2) is 38.0 Å². The van der Waals surface area contributed by atoms with Crippen molar-refractivity contribution in [2.45, 2.75) is 6.42 Å². The Morgan fingerprint density at radius 1 is 1.53 bits per heavy atom. The molecule has 0 aliphatic rings. The van der Waals surface area contributed by atoms with Gasteiger partial charge in [0.05, 0.1) is 23.2 Å². The van der Waals surface area contributed by atoms with Gasteiger partial charge in [0.25, 0.3) is 5.91 Å². The predicted octanol–water partition coefficient (Wildman–Crippen LogP) is 1.28. The Morgan fingerprint density at radius 2 is 2.21 bits per heavy atom. The van der Waals surface area contributed by atoms with Crippen LogP contribution in [0.3, 0.4) is 0 Å². The number of benzene rings is 1. The number of carbonyl (C=O) groups excluding carboxylic acids is 1. The van der Waals surface area contributed by atoms with Crippen molar-refractivity contribution in [3.8, 4) is 6.07 Å². The zero-order chi connectivity index (χ0) is 14.4. The molecule has 0 aromatic heterocycles. The molecule has 0 aliphatic carbocycles. The van der Waals surface area contributed by atoms with Gasteiger partial charge in [0.2, 0.25) is 0 Å². The van der Waals surface area contributed by atoms with Crippen molar-refractivity contribution in [2.24, 2.45) is 0 Å². The minimum absolute atomic E-state index is 0.123. The first-order chi connectivity index (χ1) is 8.95. The van der Waals surface area contributed by atoms with Crippen molar-refractivity contribution in [2.75, 3.05) is 32.9 Å². The zero-order valence-corrected chi connectivity index (χ0v) is 11.8. The van der Waals surface area contributed by atoms with Crippen LogP contribution < -0.4 is 11.1 Å². The van der Waals surface area contributed by atoms with Gasteiger partial charge in [-0.1, -0.05) is 11.6 Å². The highest BCUT2D eigenvalue weighted by Crippen LogP contribution is 2.24. The largest absolute Gasteiger partial charge is 0.398 e. The number of rotatable bonds is 5. The van der Waals surface area contributed by atoms with E-state index in [1.165, 1.54) is 6.07 Å². The van der Waals surface area contributed by atoms with Gasteiger partial charge in [-0.15, -0.1) is 0 Å². The first-order valence-corrected chi connectivity index (χ1v) is 6.21. The van der Waals surface area contributed by atoms with Crippen molar-refractivity contribution in [3.05, 3.63) is 28.3 Å². The number of hydrogen-bond donors (Lipinski definition) is 2. The van der Waals surface area contributed by atoms with Crippen molar-refractivity contribution in [3.63, 3.8) is 0 Å². The molecule has 6 heteroatoms. The number of amides is 1. The maximum atomic E-state index is 12.0. The molecule has 102 valence electrons. The number of nitrogens with zero attached hydrogens (tertiary/aromatic N) is 2. The van der Waals surface area contributed by atoms with Crippen LogP contribution in [0.4, 0.5) is 5.69 Å². The summed E-state index contributed by atoms with van der Waals surface area (Å²) in [5.41, 5.74) is 7.04. The number of halogens is 1. The molecular weight excluding hydrogens is 264 g/mol. The molecule has 0 aliphatic heterocycles. The van der Waals surface area contributed by atoms with Crippen molar-refractivity contribution in [1.82, 2.24) is 10.2 Å². The molecule has 19 heavy (non-hydrogen) atoms. The van der Waals surface area contributed by atoms with E-state index in [9.17, 15) is 4.79 Å². The molecule has 0 saturated heterocycles. The molecular formula is C13H17ClN4O. The van der Waals surface area contributed by atoms with Crippen LogP contribution in [0.5, 0.6) is 0 Å². The number of hydrogen-bond acceptors (Lipinski definition) is 4. The molecule has 1 amide bonds. The standard InChI is InChI=1S/C13H17ClN4O/c1-18(2)6-5-17-13(19)10-8-11(14)12(16)7-9(10)3-4-15/h7-8H,3,5-6,16H2,1-2H3,(H,17,19). The first-order valence-electron chi connectivity index (χ1n) is 5.83. The zero-order valence-electron chi connectivity index (χ0n) is 11.0. The molecule has 0 saturated carbocycles. The number of nitrogens with one attached hydrogen (secondary N) is 1. The molecule has 3 N–H and O–H groups in total. The van der Waals surface area contributed by atoms with Gasteiger partial charge < -0.3 is 16.0 Å². The Balaban J connectivity index is 2.89. The number of anilines is 1. The van der Waals surface area contributed by atoms with E-state index in [1.807, 2.05) is 25.1 Å². The summed E-state index contributed by atoms with van der Waals surface area (Å²) >= 11 is 5.92. The van der Waals surface area contributed by atoms with E-state index < -0.39 is 0 Å². The van der Waals surface area contributed by atoms with Gasteiger partial charge in [-0.2, -0.15) is 5.26 Å². The lowest BCUT2D eigenvalue weighted by Crippen LogP contribution is -2.31. The first kappa shape index (κ1) is 15.3. The summed E-state index contributed by atoms with van der Waals surface area (Å²) in [5.74, 6) is -0.242. The molecule has 0 bridgehead atoms. The number of nitriles is 1. The van der Waals surface area contributed by atoms with Gasteiger partial charge in [-0.3, -0.25) is 4.79 Å². The van der Waals surface area contributed by atoms with E-state index >= 15 is 0 Å². The summed E-state index contributed by atoms with van der Waals surface area (Å²) in [5, 5.41) is 11.9. The van der Waals surface area contributed by atoms with Crippen molar-refractivity contribution < 1.29 is 4.79 Å². The van der Waals surface area contributed by atoms with Crippen molar-refractivity contribution >= 4 is 23.2 Å². The minimum atomic E-state index is -0.242. The summed E-state index contributed by atoms with van der Waals surface area (Å²) < 4.78 is 0. The second-order valence-corrected chi connectivity index (χ2v) is 4.83. The lowest BCUT2D eigenvalue weighted by Gasteiger charge is -2.12. The van der Waals surface area contributed by atoms with Crippen LogP contribution in [0.2, 0.25) is 5.02 Å². The van der Waals surface area contributed by atoms with Crippen LogP contribution in [0.15, 0.2) is 12.1 Å². The van der Waals surface area contributed by atoms with Crippen LogP contribution in [0, 0.1) is 11.3 Å². The van der Waals surface area contributed by atoms with Crippen LogP contribution >= 0.6 is 11.6 Å². The third-order valence-electron chi connectivity index (χ3n) is 2.58. The molecule has 0 unspecified atom stereocenters. The molecule has 0 radical (unpaired) electrons. The van der Waals surface area contributed by atoms with Gasteiger partial charge in [-0.25, -0.2) is 0 Å². The normalized spacial score (nSPS) is 10.3.